The molecule has 1 amide bonds. The van der Waals surface area contributed by atoms with Crippen LogP contribution in [0.15, 0.2) is 93.4 Å². The van der Waals surface area contributed by atoms with Gasteiger partial charge >= 0.3 is 10.1 Å². The number of hydrazone groups is 1. The van der Waals surface area contributed by atoms with Crippen LogP contribution in [0.4, 0.5) is 0 Å². The quantitative estimate of drug-likeness (QED) is 0.345. The van der Waals surface area contributed by atoms with Gasteiger partial charge in [-0.2, -0.15) is 23.5 Å². The third kappa shape index (κ3) is 4.88. The number of thioether (sulfide) groups is 1. The van der Waals surface area contributed by atoms with Crippen LogP contribution in [-0.2, 0) is 14.9 Å². The Balaban J connectivity index is 1.43. The van der Waals surface area contributed by atoms with E-state index in [4.69, 9.17) is 25.9 Å². The van der Waals surface area contributed by atoms with E-state index < -0.39 is 16.0 Å². The van der Waals surface area contributed by atoms with E-state index in [0.29, 0.717) is 21.2 Å². The summed E-state index contributed by atoms with van der Waals surface area (Å²) >= 11 is 7.42. The molecule has 5 rings (SSSR count). The van der Waals surface area contributed by atoms with Crippen LogP contribution >= 0.6 is 23.4 Å². The predicted octanol–water partition coefficient (Wildman–Crippen LogP) is 4.78. The topological polar surface area (TPSA) is 121 Å². The van der Waals surface area contributed by atoms with Crippen molar-refractivity contribution in [1.82, 2.24) is 5.01 Å². The Bertz CT molecular complexity index is 1640. The normalized spacial score (nSPS) is 16.4. The van der Waals surface area contributed by atoms with E-state index in [2.05, 4.69) is 10.1 Å². The lowest BCUT2D eigenvalue weighted by atomic mass is 10.1. The predicted molar refractivity (Wildman–Crippen MR) is 143 cm³/mol. The number of halogens is 1. The summed E-state index contributed by atoms with van der Waals surface area (Å²) in [6.45, 7) is 0. The Morgan fingerprint density at radius 2 is 1.76 bits per heavy atom. The van der Waals surface area contributed by atoms with Crippen molar-refractivity contribution in [2.45, 2.75) is 4.90 Å². The highest BCUT2D eigenvalue weighted by Crippen LogP contribution is 2.35. The Hall–Kier alpha value is -3.93. The van der Waals surface area contributed by atoms with Crippen molar-refractivity contribution < 1.29 is 22.1 Å². The molecule has 0 unspecified atom stereocenters. The van der Waals surface area contributed by atoms with E-state index in [9.17, 15) is 13.2 Å². The molecular weight excluding hydrogens is 536 g/mol. The third-order valence-electron chi connectivity index (χ3n) is 5.29. The molecule has 1 N–H and O–H groups in total. The van der Waals surface area contributed by atoms with Gasteiger partial charge in [-0.05, 0) is 53.7 Å². The number of aliphatic imine (C=N–C) groups is 1. The number of amides is 1. The van der Waals surface area contributed by atoms with Crippen LogP contribution in [0.1, 0.15) is 11.1 Å². The number of benzene rings is 3. The molecule has 9 nitrogen and oxygen atoms in total. The largest absolute Gasteiger partial charge is 0.493 e. The number of fused-ring (bicyclic) bond motifs is 1. The summed E-state index contributed by atoms with van der Waals surface area (Å²) in [7, 11) is -2.71. The van der Waals surface area contributed by atoms with Crippen LogP contribution in [0.2, 0.25) is 5.02 Å². The molecule has 0 atom stereocenters. The number of ether oxygens (including phenoxy) is 1. The fraction of sp³-hybridized carbons (Fsp3) is 0.0400. The van der Waals surface area contributed by atoms with Crippen LogP contribution in [0.25, 0.3) is 6.08 Å². The van der Waals surface area contributed by atoms with Gasteiger partial charge in [0.25, 0.3) is 5.91 Å². The Morgan fingerprint density at radius 3 is 2.49 bits per heavy atom. The van der Waals surface area contributed by atoms with Gasteiger partial charge in [0.2, 0.25) is 5.17 Å². The van der Waals surface area contributed by atoms with Crippen LogP contribution in [0.3, 0.4) is 0 Å². The molecule has 0 saturated carbocycles. The highest BCUT2D eigenvalue weighted by Gasteiger charge is 2.36. The van der Waals surface area contributed by atoms with Crippen LogP contribution in [0.5, 0.6) is 11.5 Å². The first kappa shape index (κ1) is 24.8. The lowest BCUT2D eigenvalue weighted by Gasteiger charge is -2.20. The first-order valence-corrected chi connectivity index (χ1v) is 13.3. The molecule has 3 aromatic rings. The number of rotatable bonds is 6. The maximum Gasteiger partial charge on any atom is 0.339 e. The van der Waals surface area contributed by atoms with Gasteiger partial charge in [0.15, 0.2) is 17.3 Å². The molecule has 2 heterocycles. The molecule has 2 aliphatic heterocycles. The van der Waals surface area contributed by atoms with Crippen molar-refractivity contribution in [1.29, 1.82) is 5.41 Å². The molecule has 0 aromatic heterocycles. The second-order valence-corrected chi connectivity index (χ2v) is 10.6. The molecule has 0 bridgehead atoms. The highest BCUT2D eigenvalue weighted by atomic mass is 35.5. The number of methoxy groups -OCH3 is 1. The van der Waals surface area contributed by atoms with Gasteiger partial charge in [0.05, 0.1) is 17.7 Å². The maximum atomic E-state index is 12.8. The molecule has 37 heavy (non-hydrogen) atoms. The standard InChI is InChI=1S/C25H17ClN4O5S2/c1-34-21-14-15(11-12-20(21)35-37(32,33)16-7-3-2-4-8-16)13-18-22(27)30-25(28-23(18)31)36-24(29-30)17-9-5-6-10-19(17)26/h2-14,27H,1H3/b18-13-,27-22?. The van der Waals surface area contributed by atoms with Gasteiger partial charge in [0.1, 0.15) is 9.94 Å². The minimum Gasteiger partial charge on any atom is -0.493 e. The lowest BCUT2D eigenvalue weighted by Crippen LogP contribution is -2.35. The summed E-state index contributed by atoms with van der Waals surface area (Å²) in [4.78, 5) is 16.9. The number of hydrogen-bond donors (Lipinski definition) is 1. The van der Waals surface area contributed by atoms with Crippen molar-refractivity contribution in [3.05, 3.63) is 94.5 Å². The summed E-state index contributed by atoms with van der Waals surface area (Å²) in [5, 5.41) is 15.6. The summed E-state index contributed by atoms with van der Waals surface area (Å²) < 4.78 is 35.8. The molecule has 0 aliphatic carbocycles. The number of carbonyl (C=O) groups excluding carboxylic acids is 1. The van der Waals surface area contributed by atoms with Gasteiger partial charge < -0.3 is 8.92 Å². The Morgan fingerprint density at radius 1 is 1.03 bits per heavy atom. The van der Waals surface area contributed by atoms with E-state index in [1.807, 2.05) is 6.07 Å². The molecule has 0 spiro atoms. The first-order valence-electron chi connectivity index (χ1n) is 10.7. The monoisotopic (exact) mass is 552 g/mol. The average molecular weight is 553 g/mol. The molecule has 2 aliphatic rings. The fourth-order valence-corrected chi connectivity index (χ4v) is 5.67. The van der Waals surface area contributed by atoms with Gasteiger partial charge in [-0.1, -0.05) is 54.1 Å². The van der Waals surface area contributed by atoms with Crippen molar-refractivity contribution >= 4 is 61.5 Å². The summed E-state index contributed by atoms with van der Waals surface area (Å²) in [6.07, 6.45) is 1.45. The Labute approximate surface area is 221 Å². The Kier molecular flexibility index (Phi) is 6.59. The van der Waals surface area contributed by atoms with Crippen LogP contribution in [-0.4, -0.2) is 42.5 Å². The molecule has 0 fully saturated rings. The molecule has 12 heteroatoms. The smallest absolute Gasteiger partial charge is 0.339 e. The molecule has 0 radical (unpaired) electrons. The lowest BCUT2D eigenvalue weighted by molar-refractivity contribution is -0.114. The summed E-state index contributed by atoms with van der Waals surface area (Å²) in [6, 6.07) is 19.3. The number of amidine groups is 2. The number of hydrogen-bond acceptors (Lipinski definition) is 8. The van der Waals surface area contributed by atoms with E-state index in [1.165, 1.54) is 42.5 Å². The zero-order valence-electron chi connectivity index (χ0n) is 19.1. The zero-order chi connectivity index (χ0) is 26.2. The molecule has 0 saturated heterocycles. The third-order valence-corrected chi connectivity index (χ3v) is 7.81. The highest BCUT2D eigenvalue weighted by molar-refractivity contribution is 8.27. The zero-order valence-corrected chi connectivity index (χ0v) is 21.5. The van der Waals surface area contributed by atoms with E-state index in [-0.39, 0.29) is 33.0 Å². The van der Waals surface area contributed by atoms with Crippen molar-refractivity contribution in [3.63, 3.8) is 0 Å². The van der Waals surface area contributed by atoms with E-state index in [0.717, 1.165) is 11.8 Å². The SMILES string of the molecule is COc1cc(/C=C2/C(=N)N3N=C(c4ccccc4Cl)SC3=NC2=O)ccc1OS(=O)(=O)c1ccccc1. The first-order chi connectivity index (χ1) is 17.8. The number of nitrogens with zero attached hydrogens (tertiary/aromatic N) is 3. The summed E-state index contributed by atoms with van der Waals surface area (Å²) in [5.74, 6) is -0.659. The van der Waals surface area contributed by atoms with Crippen LogP contribution in [0, 0.1) is 5.41 Å². The molecule has 186 valence electrons. The van der Waals surface area contributed by atoms with E-state index in [1.54, 1.807) is 42.5 Å². The summed E-state index contributed by atoms with van der Waals surface area (Å²) in [5.41, 5.74) is 1.14. The number of nitrogens with one attached hydrogen (secondary N) is 1. The van der Waals surface area contributed by atoms with Crippen molar-refractivity contribution in [2.75, 3.05) is 7.11 Å². The average Bonchev–Trinajstić information content (AvgIpc) is 3.31. The van der Waals surface area contributed by atoms with Gasteiger partial charge in [-0.25, -0.2) is 0 Å². The van der Waals surface area contributed by atoms with Crippen molar-refractivity contribution in [2.24, 2.45) is 10.1 Å². The second kappa shape index (κ2) is 9.85. The molecular formula is C25H17ClN4O5S2. The van der Waals surface area contributed by atoms with Gasteiger partial charge in [0, 0.05) is 5.56 Å². The van der Waals surface area contributed by atoms with Crippen molar-refractivity contribution in [3.8, 4) is 11.5 Å². The van der Waals surface area contributed by atoms with Gasteiger partial charge in [-0.15, -0.1) is 0 Å². The van der Waals surface area contributed by atoms with Crippen LogP contribution < -0.4 is 8.92 Å². The fourth-order valence-electron chi connectivity index (χ4n) is 3.50. The minimum absolute atomic E-state index is 0.00105. The maximum absolute atomic E-state index is 12.8. The minimum atomic E-state index is -4.08. The molecule has 3 aromatic carbocycles. The number of carbonyl (C=O) groups is 1. The van der Waals surface area contributed by atoms with Gasteiger partial charge in [-0.3, -0.25) is 10.2 Å². The second-order valence-electron chi connectivity index (χ2n) is 7.67. The van der Waals surface area contributed by atoms with E-state index >= 15 is 0 Å².